The molecule has 0 spiro atoms. The predicted molar refractivity (Wildman–Crippen MR) is 116 cm³/mol. The number of hydrogen-bond acceptors (Lipinski definition) is 5. The van der Waals surface area contributed by atoms with Crippen LogP contribution in [0.5, 0.6) is 5.75 Å². The number of aromatic nitrogens is 1. The fourth-order valence-corrected chi connectivity index (χ4v) is 2.74. The van der Waals surface area contributed by atoms with Gasteiger partial charge in [-0.1, -0.05) is 60.7 Å². The van der Waals surface area contributed by atoms with Crippen LogP contribution in [0.3, 0.4) is 0 Å². The summed E-state index contributed by atoms with van der Waals surface area (Å²) in [6.07, 6.45) is 3.56. The smallest absolute Gasteiger partial charge is 0.408 e. The van der Waals surface area contributed by atoms with Crippen molar-refractivity contribution in [2.75, 3.05) is 5.23 Å². The number of aliphatic imine (C=N–C) groups is 1. The van der Waals surface area contributed by atoms with Gasteiger partial charge < -0.3 is 15.0 Å². The summed E-state index contributed by atoms with van der Waals surface area (Å²) >= 11 is 0. The number of rotatable bonds is 8. The van der Waals surface area contributed by atoms with E-state index in [2.05, 4.69) is 21.9 Å². The molecule has 0 aliphatic heterocycles. The highest BCUT2D eigenvalue weighted by molar-refractivity contribution is 6.52. The summed E-state index contributed by atoms with van der Waals surface area (Å²) < 4.78 is 6.09. The van der Waals surface area contributed by atoms with E-state index in [4.69, 9.17) is 4.74 Å². The Morgan fingerprint density at radius 2 is 1.82 bits per heavy atom. The molecule has 6 heteroatoms. The Balaban J connectivity index is 1.99. The summed E-state index contributed by atoms with van der Waals surface area (Å²) in [5.41, 5.74) is 3.50. The van der Waals surface area contributed by atoms with Gasteiger partial charge in [0.05, 0.1) is 5.70 Å². The third-order valence-electron chi connectivity index (χ3n) is 4.04. The number of pyridine rings is 1. The average molecular weight is 371 g/mol. The third kappa shape index (κ3) is 5.08. The monoisotopic (exact) mass is 371 g/mol. The minimum atomic E-state index is -0.767. The van der Waals surface area contributed by atoms with E-state index in [1.807, 2.05) is 72.8 Å². The molecule has 140 valence electrons. The molecule has 2 aromatic carbocycles. The molecule has 1 heterocycles. The first-order valence-electron chi connectivity index (χ1n) is 9.01. The Morgan fingerprint density at radius 1 is 1.14 bits per heavy atom. The molecule has 0 aliphatic carbocycles. The van der Waals surface area contributed by atoms with E-state index in [0.717, 1.165) is 22.4 Å². The molecule has 0 bridgehead atoms. The van der Waals surface area contributed by atoms with E-state index >= 15 is 0 Å². The summed E-state index contributed by atoms with van der Waals surface area (Å²) in [6, 6.07) is 21.5. The average Bonchev–Trinajstić information content (AvgIpc) is 2.72. The van der Waals surface area contributed by atoms with Gasteiger partial charge in [0.1, 0.15) is 6.61 Å². The second kappa shape index (κ2) is 9.53. The summed E-state index contributed by atoms with van der Waals surface area (Å²) in [7, 11) is -0.767. The summed E-state index contributed by atoms with van der Waals surface area (Å²) in [5, 5.41) is 12.7. The zero-order chi connectivity index (χ0) is 19.8. The van der Waals surface area contributed by atoms with Crippen molar-refractivity contribution in [3.8, 4) is 5.75 Å². The lowest BCUT2D eigenvalue weighted by Crippen LogP contribution is -2.21. The maximum absolute atomic E-state index is 9.76. The number of nitrogens with zero attached hydrogens (tertiary/aromatic N) is 2. The lowest BCUT2D eigenvalue weighted by atomic mass is 9.89. The van der Waals surface area contributed by atoms with E-state index in [1.165, 1.54) is 0 Å². The minimum Gasteiger partial charge on any atom is -0.484 e. The van der Waals surface area contributed by atoms with Crippen LogP contribution in [-0.4, -0.2) is 23.8 Å². The quantitative estimate of drug-likeness (QED) is 0.456. The maximum atomic E-state index is 9.76. The molecule has 0 radical (unpaired) electrons. The molecule has 28 heavy (non-hydrogen) atoms. The Bertz CT molecular complexity index is 945. The van der Waals surface area contributed by atoms with Crippen molar-refractivity contribution in [2.45, 2.75) is 13.4 Å². The number of nitrogens with one attached hydrogen (secondary N) is 1. The lowest BCUT2D eigenvalue weighted by molar-refractivity contribution is 0.306. The molecule has 2 N–H and O–H groups in total. The normalized spacial score (nSPS) is 11.0. The number of benzene rings is 2. The maximum Gasteiger partial charge on any atom is 0.408 e. The summed E-state index contributed by atoms with van der Waals surface area (Å²) in [4.78, 5) is 8.49. The molecule has 1 aromatic heterocycles. The topological polar surface area (TPSA) is 66.7 Å². The van der Waals surface area contributed by atoms with Gasteiger partial charge in [0.25, 0.3) is 0 Å². The van der Waals surface area contributed by atoms with Gasteiger partial charge in [0.2, 0.25) is 0 Å². The van der Waals surface area contributed by atoms with Crippen LogP contribution in [0.4, 0.5) is 5.82 Å². The van der Waals surface area contributed by atoms with E-state index in [1.54, 1.807) is 13.0 Å². The fraction of sp³-hybridized carbons (Fsp3) is 0.0909. The summed E-state index contributed by atoms with van der Waals surface area (Å²) in [6.45, 7) is 5.71. The molecule has 3 aromatic rings. The van der Waals surface area contributed by atoms with Crippen LogP contribution < -0.4 is 9.96 Å². The first-order valence-corrected chi connectivity index (χ1v) is 9.01. The number of ether oxygens (including phenoxy) is 1. The molecule has 0 saturated carbocycles. The number of hydrogen-bond donors (Lipinski definition) is 2. The molecule has 0 fully saturated rings. The van der Waals surface area contributed by atoms with Gasteiger partial charge in [0.15, 0.2) is 11.6 Å². The minimum absolute atomic E-state index is 0.379. The van der Waals surface area contributed by atoms with E-state index < -0.39 is 7.05 Å². The van der Waals surface area contributed by atoms with Crippen molar-refractivity contribution in [3.63, 3.8) is 0 Å². The SMILES string of the molecule is C=NC(=Cc1ccnc(NB(C)O)c1OCc1ccccc1)c1ccccc1. The zero-order valence-corrected chi connectivity index (χ0v) is 15.7. The molecule has 3 rings (SSSR count). The summed E-state index contributed by atoms with van der Waals surface area (Å²) in [5.74, 6) is 1.01. The van der Waals surface area contributed by atoms with Gasteiger partial charge in [0, 0.05) is 17.3 Å². The first kappa shape index (κ1) is 19.4. The lowest BCUT2D eigenvalue weighted by Gasteiger charge is -2.15. The van der Waals surface area contributed by atoms with Gasteiger partial charge in [-0.05, 0) is 31.2 Å². The Morgan fingerprint density at radius 3 is 2.46 bits per heavy atom. The van der Waals surface area contributed by atoms with Gasteiger partial charge in [-0.3, -0.25) is 4.99 Å². The van der Waals surface area contributed by atoms with Crippen LogP contribution in [0.15, 0.2) is 77.9 Å². The van der Waals surface area contributed by atoms with Gasteiger partial charge in [-0.2, -0.15) is 0 Å². The number of anilines is 1. The van der Waals surface area contributed by atoms with Crippen LogP contribution in [0.2, 0.25) is 6.82 Å². The highest BCUT2D eigenvalue weighted by Crippen LogP contribution is 2.31. The van der Waals surface area contributed by atoms with Crippen LogP contribution >= 0.6 is 0 Å². The molecule has 0 aliphatic rings. The van der Waals surface area contributed by atoms with Crippen molar-refractivity contribution >= 4 is 31.4 Å². The molecule has 0 saturated heterocycles. The highest BCUT2D eigenvalue weighted by Gasteiger charge is 2.14. The van der Waals surface area contributed by atoms with Crippen molar-refractivity contribution in [1.82, 2.24) is 4.98 Å². The van der Waals surface area contributed by atoms with Crippen LogP contribution in [-0.2, 0) is 6.61 Å². The van der Waals surface area contributed by atoms with Crippen molar-refractivity contribution in [3.05, 3.63) is 89.6 Å². The zero-order valence-electron chi connectivity index (χ0n) is 15.7. The molecule has 0 atom stereocenters. The van der Waals surface area contributed by atoms with E-state index in [-0.39, 0.29) is 0 Å². The van der Waals surface area contributed by atoms with Crippen molar-refractivity contribution in [1.29, 1.82) is 0 Å². The molecular formula is C22H22BN3O2. The third-order valence-corrected chi connectivity index (χ3v) is 4.04. The second-order valence-electron chi connectivity index (χ2n) is 6.23. The van der Waals surface area contributed by atoms with Gasteiger partial charge >= 0.3 is 7.05 Å². The largest absolute Gasteiger partial charge is 0.484 e. The first-order chi connectivity index (χ1) is 13.7. The van der Waals surface area contributed by atoms with Gasteiger partial charge in [-0.25, -0.2) is 4.98 Å². The van der Waals surface area contributed by atoms with Crippen LogP contribution in [0.1, 0.15) is 16.7 Å². The molecule has 0 unspecified atom stereocenters. The Hall–Kier alpha value is -3.38. The van der Waals surface area contributed by atoms with E-state index in [0.29, 0.717) is 18.2 Å². The molecular weight excluding hydrogens is 349 g/mol. The standard InChI is InChI=1S/C22H22BN3O2/c1-23(27)26-22-21(28-16-17-9-5-3-6-10-17)19(13-14-25-22)15-20(24-2)18-11-7-4-8-12-18/h3-15,27H,2,16H2,1H3,(H,25,26). The second-order valence-corrected chi connectivity index (χ2v) is 6.23. The molecule has 0 amide bonds. The van der Waals surface area contributed by atoms with Crippen molar-refractivity contribution in [2.24, 2.45) is 4.99 Å². The van der Waals surface area contributed by atoms with Crippen molar-refractivity contribution < 1.29 is 9.76 Å². The van der Waals surface area contributed by atoms with Crippen LogP contribution in [0.25, 0.3) is 11.8 Å². The van der Waals surface area contributed by atoms with Crippen LogP contribution in [0, 0.1) is 0 Å². The predicted octanol–water partition coefficient (Wildman–Crippen LogP) is 4.38. The Kier molecular flexibility index (Phi) is 6.60. The highest BCUT2D eigenvalue weighted by atomic mass is 16.5. The van der Waals surface area contributed by atoms with Gasteiger partial charge in [-0.15, -0.1) is 0 Å². The Labute approximate surface area is 165 Å². The van der Waals surface area contributed by atoms with E-state index in [9.17, 15) is 5.02 Å². The molecule has 5 nitrogen and oxygen atoms in total. The fourth-order valence-electron chi connectivity index (χ4n) is 2.74.